The second-order valence-corrected chi connectivity index (χ2v) is 5.14. The van der Waals surface area contributed by atoms with Crippen LogP contribution in [0.5, 0.6) is 0 Å². The first-order chi connectivity index (χ1) is 7.31. The number of nitrogens with two attached hydrogens (primary N) is 1. The Morgan fingerprint density at radius 1 is 1.40 bits per heavy atom. The van der Waals surface area contributed by atoms with Crippen LogP contribution in [0.25, 0.3) is 0 Å². The molecule has 2 N–H and O–H groups in total. The van der Waals surface area contributed by atoms with Gasteiger partial charge in [-0.1, -0.05) is 34.1 Å². The summed E-state index contributed by atoms with van der Waals surface area (Å²) in [5, 5.41) is 1.09. The molecule has 1 aromatic rings. The van der Waals surface area contributed by atoms with Gasteiger partial charge in [0.05, 0.1) is 0 Å². The molecule has 0 radical (unpaired) electrons. The van der Waals surface area contributed by atoms with Crippen molar-refractivity contribution in [1.29, 1.82) is 0 Å². The summed E-state index contributed by atoms with van der Waals surface area (Å²) in [6, 6.07) is 7.10. The summed E-state index contributed by atoms with van der Waals surface area (Å²) in [7, 11) is 0. The van der Waals surface area contributed by atoms with Crippen LogP contribution in [-0.4, -0.2) is 11.4 Å². The topological polar surface area (TPSA) is 26.0 Å². The minimum Gasteiger partial charge on any atom is -0.327 e. The van der Waals surface area contributed by atoms with Crippen molar-refractivity contribution in [1.82, 2.24) is 0 Å². The monoisotopic (exact) mass is 267 g/mol. The van der Waals surface area contributed by atoms with Gasteiger partial charge < -0.3 is 5.73 Å². The molecule has 1 atom stereocenters. The van der Waals surface area contributed by atoms with E-state index in [0.29, 0.717) is 6.04 Å². The Kier molecular flexibility index (Phi) is 3.81. The van der Waals surface area contributed by atoms with Gasteiger partial charge in [-0.25, -0.2) is 0 Å². The van der Waals surface area contributed by atoms with Crippen LogP contribution in [0.3, 0.4) is 0 Å². The average molecular weight is 268 g/mol. The van der Waals surface area contributed by atoms with Gasteiger partial charge in [0.2, 0.25) is 0 Å². The third-order valence-corrected chi connectivity index (χ3v) is 3.76. The highest BCUT2D eigenvalue weighted by Gasteiger charge is 2.17. The van der Waals surface area contributed by atoms with E-state index in [1.54, 1.807) is 0 Å². The second kappa shape index (κ2) is 5.13. The van der Waals surface area contributed by atoms with Crippen LogP contribution in [0.1, 0.15) is 29.5 Å². The zero-order chi connectivity index (χ0) is 10.7. The molecule has 1 aliphatic rings. The van der Waals surface area contributed by atoms with Crippen LogP contribution in [0.15, 0.2) is 18.2 Å². The predicted octanol–water partition coefficient (Wildman–Crippen LogP) is 2.83. The molecule has 2 rings (SSSR count). The van der Waals surface area contributed by atoms with E-state index in [4.69, 9.17) is 5.73 Å². The summed E-state index contributed by atoms with van der Waals surface area (Å²) in [5.41, 5.74) is 10.6. The molecule has 0 saturated heterocycles. The smallest absolute Gasteiger partial charge is 0.00826 e. The zero-order valence-electron chi connectivity index (χ0n) is 9.01. The lowest BCUT2D eigenvalue weighted by Crippen LogP contribution is -2.28. The van der Waals surface area contributed by atoms with E-state index >= 15 is 0 Å². The lowest BCUT2D eigenvalue weighted by atomic mass is 9.85. The standard InChI is InChI=1S/C13H18BrN/c14-8-2-5-10-3-1-4-11-6-7-12(15)9-13(10)11/h1,3-4,12H,2,5-9,15H2/t12-/m0/s1. The molecular weight excluding hydrogens is 250 g/mol. The normalized spacial score (nSPS) is 20.0. The van der Waals surface area contributed by atoms with Crippen molar-refractivity contribution in [3.05, 3.63) is 34.9 Å². The van der Waals surface area contributed by atoms with E-state index in [-0.39, 0.29) is 0 Å². The summed E-state index contributed by atoms with van der Waals surface area (Å²) < 4.78 is 0. The van der Waals surface area contributed by atoms with E-state index in [1.165, 1.54) is 36.0 Å². The fourth-order valence-corrected chi connectivity index (χ4v) is 2.66. The molecule has 0 saturated carbocycles. The van der Waals surface area contributed by atoms with Crippen LogP contribution in [0.2, 0.25) is 0 Å². The Morgan fingerprint density at radius 3 is 3.07 bits per heavy atom. The number of hydrogen-bond acceptors (Lipinski definition) is 1. The highest BCUT2D eigenvalue weighted by molar-refractivity contribution is 9.09. The van der Waals surface area contributed by atoms with E-state index in [1.807, 2.05) is 0 Å². The molecule has 0 fully saturated rings. The summed E-state index contributed by atoms with van der Waals surface area (Å²) in [6.07, 6.45) is 5.79. The van der Waals surface area contributed by atoms with Crippen molar-refractivity contribution in [3.8, 4) is 0 Å². The van der Waals surface area contributed by atoms with Gasteiger partial charge in [-0.2, -0.15) is 0 Å². The third kappa shape index (κ3) is 2.61. The highest BCUT2D eigenvalue weighted by Crippen LogP contribution is 2.24. The van der Waals surface area contributed by atoms with Gasteiger partial charge in [0, 0.05) is 11.4 Å². The third-order valence-electron chi connectivity index (χ3n) is 3.20. The van der Waals surface area contributed by atoms with Gasteiger partial charge in [-0.3, -0.25) is 0 Å². The van der Waals surface area contributed by atoms with Crippen LogP contribution in [0.4, 0.5) is 0 Å². The molecule has 2 heteroatoms. The Balaban J connectivity index is 2.23. The van der Waals surface area contributed by atoms with Crippen LogP contribution in [-0.2, 0) is 19.3 Å². The Morgan fingerprint density at radius 2 is 2.27 bits per heavy atom. The molecule has 0 unspecified atom stereocenters. The molecule has 0 amide bonds. The van der Waals surface area contributed by atoms with Crippen molar-refractivity contribution in [2.75, 3.05) is 5.33 Å². The first kappa shape index (κ1) is 11.2. The lowest BCUT2D eigenvalue weighted by Gasteiger charge is -2.24. The van der Waals surface area contributed by atoms with Gasteiger partial charge in [-0.05, 0) is 48.8 Å². The van der Waals surface area contributed by atoms with Gasteiger partial charge in [0.25, 0.3) is 0 Å². The minimum absolute atomic E-state index is 0.377. The quantitative estimate of drug-likeness (QED) is 0.838. The van der Waals surface area contributed by atoms with E-state index in [2.05, 4.69) is 34.1 Å². The van der Waals surface area contributed by atoms with Gasteiger partial charge in [-0.15, -0.1) is 0 Å². The predicted molar refractivity (Wildman–Crippen MR) is 68.6 cm³/mol. The summed E-state index contributed by atoms with van der Waals surface area (Å²) in [5.74, 6) is 0. The molecule has 15 heavy (non-hydrogen) atoms. The number of aryl methyl sites for hydroxylation is 2. The summed E-state index contributed by atoms with van der Waals surface area (Å²) in [4.78, 5) is 0. The van der Waals surface area contributed by atoms with Crippen molar-refractivity contribution >= 4 is 15.9 Å². The maximum absolute atomic E-state index is 6.04. The van der Waals surface area contributed by atoms with Crippen molar-refractivity contribution in [2.24, 2.45) is 5.73 Å². The number of hydrogen-bond donors (Lipinski definition) is 1. The molecule has 1 aliphatic carbocycles. The van der Waals surface area contributed by atoms with Crippen molar-refractivity contribution < 1.29 is 0 Å². The number of alkyl halides is 1. The molecule has 0 bridgehead atoms. The van der Waals surface area contributed by atoms with E-state index in [9.17, 15) is 0 Å². The largest absolute Gasteiger partial charge is 0.327 e. The SMILES string of the molecule is N[C@H]1CCc2cccc(CCCBr)c2C1. The zero-order valence-corrected chi connectivity index (χ0v) is 10.6. The summed E-state index contributed by atoms with van der Waals surface area (Å²) >= 11 is 3.49. The molecule has 0 spiro atoms. The first-order valence-electron chi connectivity index (χ1n) is 5.72. The molecule has 0 heterocycles. The maximum Gasteiger partial charge on any atom is 0.00826 e. The van der Waals surface area contributed by atoms with Gasteiger partial charge in [0.1, 0.15) is 0 Å². The molecule has 1 nitrogen and oxygen atoms in total. The number of rotatable bonds is 3. The minimum atomic E-state index is 0.377. The lowest BCUT2D eigenvalue weighted by molar-refractivity contribution is 0.572. The Labute approximate surface area is 100 Å². The number of benzene rings is 1. The number of fused-ring (bicyclic) bond motifs is 1. The maximum atomic E-state index is 6.04. The first-order valence-corrected chi connectivity index (χ1v) is 6.84. The molecular formula is C13H18BrN. The fourth-order valence-electron chi connectivity index (χ4n) is 2.38. The number of halogens is 1. The molecule has 0 aromatic heterocycles. The van der Waals surface area contributed by atoms with Gasteiger partial charge in [0.15, 0.2) is 0 Å². The molecule has 1 aromatic carbocycles. The van der Waals surface area contributed by atoms with Crippen molar-refractivity contribution in [3.63, 3.8) is 0 Å². The van der Waals surface area contributed by atoms with E-state index in [0.717, 1.165) is 18.2 Å². The molecule has 82 valence electrons. The van der Waals surface area contributed by atoms with Crippen molar-refractivity contribution in [2.45, 2.75) is 38.1 Å². The highest BCUT2D eigenvalue weighted by atomic mass is 79.9. The van der Waals surface area contributed by atoms with Crippen LogP contribution < -0.4 is 5.73 Å². The Bertz CT molecular complexity index is 335. The van der Waals surface area contributed by atoms with Crippen LogP contribution >= 0.6 is 15.9 Å². The molecule has 0 aliphatic heterocycles. The van der Waals surface area contributed by atoms with Gasteiger partial charge >= 0.3 is 0 Å². The average Bonchev–Trinajstić information content (AvgIpc) is 2.26. The fraction of sp³-hybridized carbons (Fsp3) is 0.538. The second-order valence-electron chi connectivity index (χ2n) is 4.35. The Hall–Kier alpha value is -0.340. The summed E-state index contributed by atoms with van der Waals surface area (Å²) in [6.45, 7) is 0. The van der Waals surface area contributed by atoms with Crippen LogP contribution in [0, 0.1) is 0 Å². The van der Waals surface area contributed by atoms with E-state index < -0.39 is 0 Å².